The highest BCUT2D eigenvalue weighted by Gasteiger charge is 2.49. The van der Waals surface area contributed by atoms with Gasteiger partial charge in [0.15, 0.2) is 5.65 Å². The zero-order valence-corrected chi connectivity index (χ0v) is 20.1. The van der Waals surface area contributed by atoms with Crippen LogP contribution in [0.5, 0.6) is 0 Å². The number of fused-ring (bicyclic) bond motifs is 1. The molecule has 2 saturated carbocycles. The van der Waals surface area contributed by atoms with Gasteiger partial charge >= 0.3 is 6.18 Å². The highest BCUT2D eigenvalue weighted by molar-refractivity contribution is 5.73. The topological polar surface area (TPSA) is 78.6 Å². The average Bonchev–Trinajstić information content (AvgIpc) is 3.48. The predicted octanol–water partition coefficient (Wildman–Crippen LogP) is 5.65. The van der Waals surface area contributed by atoms with Crippen LogP contribution in [0.2, 0.25) is 0 Å². The van der Waals surface area contributed by atoms with Crippen molar-refractivity contribution in [3.63, 3.8) is 0 Å². The number of halogens is 3. The molecule has 186 valence electrons. The Morgan fingerprint density at radius 2 is 1.69 bits per heavy atom. The Kier molecular flexibility index (Phi) is 5.36. The minimum absolute atomic E-state index is 0.00470. The molecule has 3 atom stereocenters. The van der Waals surface area contributed by atoms with E-state index in [1.54, 1.807) is 0 Å². The van der Waals surface area contributed by atoms with E-state index in [9.17, 15) is 13.2 Å². The summed E-state index contributed by atoms with van der Waals surface area (Å²) in [5.74, 6) is -0.920. The maximum absolute atomic E-state index is 13.2. The van der Waals surface area contributed by atoms with Gasteiger partial charge in [0.1, 0.15) is 11.3 Å². The molecule has 0 aromatic carbocycles. The first kappa shape index (κ1) is 22.8. The molecule has 0 spiro atoms. The molecule has 7 nitrogen and oxygen atoms in total. The molecule has 10 heteroatoms. The molecule has 3 aromatic heterocycles. The first-order chi connectivity index (χ1) is 16.7. The Labute approximate surface area is 201 Å². The average molecular weight is 487 g/mol. The van der Waals surface area contributed by atoms with Crippen molar-refractivity contribution < 1.29 is 17.9 Å². The molecule has 0 N–H and O–H groups in total. The van der Waals surface area contributed by atoms with Gasteiger partial charge in [-0.3, -0.25) is 4.68 Å². The van der Waals surface area contributed by atoms with Crippen LogP contribution in [0.4, 0.5) is 13.2 Å². The van der Waals surface area contributed by atoms with E-state index in [-0.39, 0.29) is 36.9 Å². The number of nitrogens with zero attached hydrogens (tertiary/aromatic N) is 6. The van der Waals surface area contributed by atoms with Crippen LogP contribution in [0, 0.1) is 19.8 Å². The standard InChI is InChI=1S/C25H29F3N6O/c1-12-6-16(9-20(35-12)17-10-29-34(11-17)19-4-5-19)23-32-21(15-7-18(8-15)25(26,27)28)22-24(33-23)31-14(3)13(2)30-22/h10-12,15-16,18-20H,4-9H2,1-3H3/t12-,15?,16-,18?,20-/m0/s1. The van der Waals surface area contributed by atoms with Crippen LogP contribution in [-0.2, 0) is 4.74 Å². The normalized spacial score (nSPS) is 29.4. The van der Waals surface area contributed by atoms with Crippen LogP contribution in [-0.4, -0.2) is 42.0 Å². The largest absolute Gasteiger partial charge is 0.391 e. The minimum Gasteiger partial charge on any atom is -0.370 e. The van der Waals surface area contributed by atoms with Crippen LogP contribution in [0.1, 0.15) is 97.9 Å². The van der Waals surface area contributed by atoms with Crippen molar-refractivity contribution in [3.05, 3.63) is 40.9 Å². The van der Waals surface area contributed by atoms with Gasteiger partial charge in [-0.15, -0.1) is 0 Å². The summed E-state index contributed by atoms with van der Waals surface area (Å²) >= 11 is 0. The molecule has 0 unspecified atom stereocenters. The van der Waals surface area contributed by atoms with Gasteiger partial charge in [0.25, 0.3) is 0 Å². The first-order valence-corrected chi connectivity index (χ1v) is 12.4. The molecular weight excluding hydrogens is 457 g/mol. The van der Waals surface area contributed by atoms with Crippen LogP contribution in [0.25, 0.3) is 11.2 Å². The predicted molar refractivity (Wildman–Crippen MR) is 122 cm³/mol. The van der Waals surface area contributed by atoms with Crippen LogP contribution in [0.15, 0.2) is 12.4 Å². The number of aryl methyl sites for hydroxylation is 2. The molecule has 3 aliphatic rings. The quantitative estimate of drug-likeness (QED) is 0.474. The highest BCUT2D eigenvalue weighted by Crippen LogP contribution is 2.50. The second-order valence-electron chi connectivity index (χ2n) is 10.5. The smallest absolute Gasteiger partial charge is 0.370 e. The maximum atomic E-state index is 13.2. The molecule has 0 radical (unpaired) electrons. The van der Waals surface area contributed by atoms with E-state index in [2.05, 4.69) is 21.3 Å². The van der Waals surface area contributed by atoms with E-state index in [4.69, 9.17) is 14.7 Å². The lowest BCUT2D eigenvalue weighted by atomic mass is 9.72. The summed E-state index contributed by atoms with van der Waals surface area (Å²) in [4.78, 5) is 19.0. The molecule has 1 saturated heterocycles. The molecule has 6 rings (SSSR count). The molecule has 3 aromatic rings. The molecule has 1 aliphatic heterocycles. The van der Waals surface area contributed by atoms with Crippen molar-refractivity contribution in [1.29, 1.82) is 0 Å². The number of alkyl halides is 3. The lowest BCUT2D eigenvalue weighted by molar-refractivity contribution is -0.197. The van der Waals surface area contributed by atoms with Crippen molar-refractivity contribution in [2.24, 2.45) is 5.92 Å². The van der Waals surface area contributed by atoms with Crippen LogP contribution < -0.4 is 0 Å². The Bertz CT molecular complexity index is 1260. The fourth-order valence-electron chi connectivity index (χ4n) is 5.36. The third-order valence-electron chi connectivity index (χ3n) is 7.77. The van der Waals surface area contributed by atoms with Crippen molar-refractivity contribution in [2.75, 3.05) is 0 Å². The number of hydrogen-bond donors (Lipinski definition) is 0. The van der Waals surface area contributed by atoms with Gasteiger partial charge in [-0.1, -0.05) is 0 Å². The summed E-state index contributed by atoms with van der Waals surface area (Å²) in [6.07, 6.45) is 3.50. The van der Waals surface area contributed by atoms with Gasteiger partial charge in [0.2, 0.25) is 0 Å². The number of ether oxygens (including phenoxy) is 1. The van der Waals surface area contributed by atoms with Gasteiger partial charge in [-0.2, -0.15) is 18.3 Å². The summed E-state index contributed by atoms with van der Waals surface area (Å²) in [7, 11) is 0. The lowest BCUT2D eigenvalue weighted by Crippen LogP contribution is -2.35. The molecule has 3 fully saturated rings. The second kappa shape index (κ2) is 8.21. The number of rotatable bonds is 4. The SMILES string of the molecule is Cc1nc2nc([C@@H]3C[C@@H](c4cnn(C5CC5)c4)O[C@@H](C)C3)nc(C3CC(C(F)(F)F)C3)c2nc1C. The Morgan fingerprint density at radius 1 is 0.943 bits per heavy atom. The molecular formula is C25H29F3N6O. The van der Waals surface area contributed by atoms with Crippen LogP contribution in [0.3, 0.4) is 0 Å². The monoisotopic (exact) mass is 486 g/mol. The van der Waals surface area contributed by atoms with Crippen molar-refractivity contribution in [2.45, 2.75) is 95.6 Å². The highest BCUT2D eigenvalue weighted by atomic mass is 19.4. The fourth-order valence-corrected chi connectivity index (χ4v) is 5.36. The summed E-state index contributed by atoms with van der Waals surface area (Å²) in [5, 5.41) is 4.51. The van der Waals surface area contributed by atoms with Crippen LogP contribution >= 0.6 is 0 Å². The molecule has 35 heavy (non-hydrogen) atoms. The molecule has 0 bridgehead atoms. The Hall–Kier alpha value is -2.62. The Morgan fingerprint density at radius 3 is 2.40 bits per heavy atom. The Balaban J connectivity index is 1.34. The van der Waals surface area contributed by atoms with E-state index < -0.39 is 12.1 Å². The van der Waals surface area contributed by atoms with Crippen molar-refractivity contribution >= 4 is 11.2 Å². The third kappa shape index (κ3) is 4.30. The second-order valence-corrected chi connectivity index (χ2v) is 10.5. The molecule has 2 aliphatic carbocycles. The maximum Gasteiger partial charge on any atom is 0.391 e. The van der Waals surface area contributed by atoms with E-state index in [0.29, 0.717) is 35.1 Å². The molecule has 4 heterocycles. The van der Waals surface area contributed by atoms with E-state index in [1.807, 2.05) is 31.6 Å². The van der Waals surface area contributed by atoms with E-state index in [0.717, 1.165) is 36.2 Å². The van der Waals surface area contributed by atoms with E-state index in [1.165, 1.54) is 0 Å². The van der Waals surface area contributed by atoms with Gasteiger partial charge in [-0.05, 0) is 59.3 Å². The van der Waals surface area contributed by atoms with Gasteiger partial charge < -0.3 is 4.74 Å². The van der Waals surface area contributed by atoms with Crippen molar-refractivity contribution in [3.8, 4) is 0 Å². The van der Waals surface area contributed by atoms with Gasteiger partial charge in [0.05, 0.1) is 47.4 Å². The van der Waals surface area contributed by atoms with Crippen molar-refractivity contribution in [1.82, 2.24) is 29.7 Å². The summed E-state index contributed by atoms with van der Waals surface area (Å²) < 4.78 is 47.9. The zero-order chi connectivity index (χ0) is 24.5. The zero-order valence-electron chi connectivity index (χ0n) is 20.1. The van der Waals surface area contributed by atoms with Gasteiger partial charge in [0, 0.05) is 23.6 Å². The summed E-state index contributed by atoms with van der Waals surface area (Å²) in [6.45, 7) is 5.77. The van der Waals surface area contributed by atoms with E-state index >= 15 is 0 Å². The summed E-state index contributed by atoms with van der Waals surface area (Å²) in [5.41, 5.74) is 4.17. The number of aromatic nitrogens is 6. The number of hydrogen-bond acceptors (Lipinski definition) is 6. The summed E-state index contributed by atoms with van der Waals surface area (Å²) in [6, 6.07) is 0.500. The fraction of sp³-hybridized carbons (Fsp3) is 0.640. The first-order valence-electron chi connectivity index (χ1n) is 12.4. The van der Waals surface area contributed by atoms with Gasteiger partial charge in [-0.25, -0.2) is 19.9 Å². The lowest BCUT2D eigenvalue weighted by Gasteiger charge is -2.37. The third-order valence-corrected chi connectivity index (χ3v) is 7.77. The molecule has 0 amide bonds. The minimum atomic E-state index is -4.17.